The summed E-state index contributed by atoms with van der Waals surface area (Å²) < 4.78 is 32.7. The molecule has 0 spiro atoms. The first-order chi connectivity index (χ1) is 13.5. The van der Waals surface area contributed by atoms with Crippen molar-refractivity contribution in [3.8, 4) is 17.3 Å². The maximum Gasteiger partial charge on any atom is 0.261 e. The van der Waals surface area contributed by atoms with E-state index in [0.29, 0.717) is 5.82 Å². The summed E-state index contributed by atoms with van der Waals surface area (Å²) in [6, 6.07) is 11.0. The number of ether oxygens (including phenoxy) is 1. The Balaban J connectivity index is 1.61. The quantitative estimate of drug-likeness (QED) is 0.693. The second kappa shape index (κ2) is 7.34. The molecule has 0 atom stereocenters. The number of amides is 1. The van der Waals surface area contributed by atoms with Crippen molar-refractivity contribution in [2.45, 2.75) is 13.5 Å². The fourth-order valence-electron chi connectivity index (χ4n) is 3.00. The molecular formula is C21H17F2N3O2. The van der Waals surface area contributed by atoms with Crippen molar-refractivity contribution in [2.24, 2.45) is 0 Å². The Morgan fingerprint density at radius 1 is 1.14 bits per heavy atom. The van der Waals surface area contributed by atoms with E-state index in [1.807, 2.05) is 31.2 Å². The molecule has 7 heteroatoms. The first-order valence-electron chi connectivity index (χ1n) is 8.81. The van der Waals surface area contributed by atoms with Crippen molar-refractivity contribution < 1.29 is 18.3 Å². The number of fused-ring (bicyclic) bond motifs is 1. The van der Waals surface area contributed by atoms with Gasteiger partial charge in [-0.1, -0.05) is 35.9 Å². The third-order valence-electron chi connectivity index (χ3n) is 4.56. The second-order valence-electron chi connectivity index (χ2n) is 6.59. The summed E-state index contributed by atoms with van der Waals surface area (Å²) in [4.78, 5) is 23.0. The Morgan fingerprint density at radius 3 is 2.68 bits per heavy atom. The van der Waals surface area contributed by atoms with Crippen LogP contribution < -0.4 is 4.74 Å². The monoisotopic (exact) mass is 381 g/mol. The normalized spacial score (nSPS) is 13.7. The van der Waals surface area contributed by atoms with Crippen molar-refractivity contribution in [3.05, 3.63) is 77.0 Å². The SMILES string of the molecule is Cc1ccc(-c2ncc3c(n2)OCCN(Cc2ccc(F)cc2F)C3=O)cc1. The van der Waals surface area contributed by atoms with Gasteiger partial charge in [0.15, 0.2) is 5.82 Å². The number of aromatic nitrogens is 2. The molecule has 0 fully saturated rings. The highest BCUT2D eigenvalue weighted by atomic mass is 19.1. The van der Waals surface area contributed by atoms with Gasteiger partial charge in [0.2, 0.25) is 5.88 Å². The molecule has 2 heterocycles. The van der Waals surface area contributed by atoms with E-state index in [-0.39, 0.29) is 42.6 Å². The Kier molecular flexibility index (Phi) is 4.73. The van der Waals surface area contributed by atoms with Gasteiger partial charge in [-0.3, -0.25) is 4.79 Å². The maximum absolute atomic E-state index is 14.0. The van der Waals surface area contributed by atoms with Gasteiger partial charge < -0.3 is 9.64 Å². The van der Waals surface area contributed by atoms with Crippen LogP contribution in [-0.2, 0) is 6.54 Å². The minimum absolute atomic E-state index is 0.00740. The molecule has 1 aliphatic heterocycles. The lowest BCUT2D eigenvalue weighted by atomic mass is 10.1. The van der Waals surface area contributed by atoms with Gasteiger partial charge in [-0.05, 0) is 13.0 Å². The van der Waals surface area contributed by atoms with E-state index < -0.39 is 11.6 Å². The van der Waals surface area contributed by atoms with Gasteiger partial charge in [0.25, 0.3) is 5.91 Å². The van der Waals surface area contributed by atoms with Gasteiger partial charge in [0, 0.05) is 29.9 Å². The van der Waals surface area contributed by atoms with Crippen LogP contribution in [0, 0.1) is 18.6 Å². The molecular weight excluding hydrogens is 364 g/mol. The highest BCUT2D eigenvalue weighted by Gasteiger charge is 2.26. The fourth-order valence-corrected chi connectivity index (χ4v) is 3.00. The first-order valence-corrected chi connectivity index (χ1v) is 8.81. The standard InChI is InChI=1S/C21H17F2N3O2/c1-13-2-4-14(5-3-13)19-24-11-17-20(25-19)28-9-8-26(21(17)27)12-15-6-7-16(22)10-18(15)23/h2-7,10-11H,8-9,12H2,1H3. The summed E-state index contributed by atoms with van der Waals surface area (Å²) in [6.07, 6.45) is 1.43. The Morgan fingerprint density at radius 2 is 1.93 bits per heavy atom. The number of benzene rings is 2. The van der Waals surface area contributed by atoms with E-state index in [0.717, 1.165) is 17.2 Å². The number of carbonyl (C=O) groups excluding carboxylic acids is 1. The third kappa shape index (κ3) is 3.55. The minimum Gasteiger partial charge on any atom is -0.475 e. The summed E-state index contributed by atoms with van der Waals surface area (Å²) in [7, 11) is 0. The summed E-state index contributed by atoms with van der Waals surface area (Å²) in [6.45, 7) is 2.47. The number of hydrogen-bond donors (Lipinski definition) is 0. The number of rotatable bonds is 3. The second-order valence-corrected chi connectivity index (χ2v) is 6.59. The molecule has 0 radical (unpaired) electrons. The molecule has 5 nitrogen and oxygen atoms in total. The van der Waals surface area contributed by atoms with Gasteiger partial charge in [-0.25, -0.2) is 13.8 Å². The molecule has 2 aromatic carbocycles. The van der Waals surface area contributed by atoms with Crippen LogP contribution in [0.1, 0.15) is 21.5 Å². The smallest absolute Gasteiger partial charge is 0.261 e. The topological polar surface area (TPSA) is 55.3 Å². The van der Waals surface area contributed by atoms with E-state index in [1.54, 1.807) is 0 Å². The van der Waals surface area contributed by atoms with Crippen molar-refractivity contribution in [2.75, 3.05) is 13.2 Å². The number of nitrogens with zero attached hydrogens (tertiary/aromatic N) is 3. The van der Waals surface area contributed by atoms with Crippen molar-refractivity contribution in [1.82, 2.24) is 14.9 Å². The molecule has 0 bridgehead atoms. The van der Waals surface area contributed by atoms with Gasteiger partial charge in [0.1, 0.15) is 23.8 Å². The van der Waals surface area contributed by atoms with Crippen LogP contribution >= 0.6 is 0 Å². The van der Waals surface area contributed by atoms with Crippen molar-refractivity contribution >= 4 is 5.91 Å². The van der Waals surface area contributed by atoms with Gasteiger partial charge >= 0.3 is 0 Å². The molecule has 4 rings (SSSR count). The maximum atomic E-state index is 14.0. The largest absolute Gasteiger partial charge is 0.475 e. The average Bonchev–Trinajstić information content (AvgIpc) is 2.83. The Hall–Kier alpha value is -3.35. The molecule has 0 saturated heterocycles. The van der Waals surface area contributed by atoms with E-state index in [4.69, 9.17) is 4.74 Å². The number of aryl methyl sites for hydroxylation is 1. The molecule has 0 saturated carbocycles. The lowest BCUT2D eigenvalue weighted by Gasteiger charge is -2.20. The van der Waals surface area contributed by atoms with E-state index in [9.17, 15) is 13.6 Å². The Labute approximate surface area is 160 Å². The zero-order chi connectivity index (χ0) is 19.7. The molecule has 0 N–H and O–H groups in total. The molecule has 0 aliphatic carbocycles. The lowest BCUT2D eigenvalue weighted by molar-refractivity contribution is 0.0741. The highest BCUT2D eigenvalue weighted by molar-refractivity contribution is 5.96. The number of hydrogen-bond acceptors (Lipinski definition) is 4. The molecule has 1 amide bonds. The summed E-state index contributed by atoms with van der Waals surface area (Å²) in [5.41, 5.74) is 2.39. The van der Waals surface area contributed by atoms with Crippen LogP contribution in [0.3, 0.4) is 0 Å². The van der Waals surface area contributed by atoms with Crippen molar-refractivity contribution in [3.63, 3.8) is 0 Å². The molecule has 0 unspecified atom stereocenters. The summed E-state index contributed by atoms with van der Waals surface area (Å²) in [5.74, 6) is -1.03. The Bertz CT molecular complexity index is 1040. The fraction of sp³-hybridized carbons (Fsp3) is 0.190. The summed E-state index contributed by atoms with van der Waals surface area (Å²) >= 11 is 0. The van der Waals surface area contributed by atoms with Gasteiger partial charge in [0.05, 0.1) is 6.54 Å². The van der Waals surface area contributed by atoms with Crippen LogP contribution in [-0.4, -0.2) is 33.9 Å². The highest BCUT2D eigenvalue weighted by Crippen LogP contribution is 2.25. The molecule has 1 aliphatic rings. The van der Waals surface area contributed by atoms with E-state index in [1.165, 1.54) is 23.2 Å². The first kappa shape index (κ1) is 18.0. The van der Waals surface area contributed by atoms with E-state index >= 15 is 0 Å². The van der Waals surface area contributed by atoms with Crippen LogP contribution in [0.15, 0.2) is 48.7 Å². The molecule has 3 aromatic rings. The minimum atomic E-state index is -0.691. The third-order valence-corrected chi connectivity index (χ3v) is 4.56. The molecule has 142 valence electrons. The van der Waals surface area contributed by atoms with Crippen LogP contribution in [0.2, 0.25) is 0 Å². The lowest BCUT2D eigenvalue weighted by Crippen LogP contribution is -2.32. The van der Waals surface area contributed by atoms with Crippen LogP contribution in [0.5, 0.6) is 5.88 Å². The van der Waals surface area contributed by atoms with Crippen LogP contribution in [0.4, 0.5) is 8.78 Å². The van der Waals surface area contributed by atoms with E-state index in [2.05, 4.69) is 9.97 Å². The average molecular weight is 381 g/mol. The number of halogens is 2. The zero-order valence-corrected chi connectivity index (χ0v) is 15.2. The van der Waals surface area contributed by atoms with Gasteiger partial charge in [-0.15, -0.1) is 0 Å². The van der Waals surface area contributed by atoms with Crippen molar-refractivity contribution in [1.29, 1.82) is 0 Å². The summed E-state index contributed by atoms with van der Waals surface area (Å²) in [5, 5.41) is 0. The van der Waals surface area contributed by atoms with Crippen LogP contribution in [0.25, 0.3) is 11.4 Å². The van der Waals surface area contributed by atoms with Gasteiger partial charge in [-0.2, -0.15) is 4.98 Å². The zero-order valence-electron chi connectivity index (χ0n) is 15.2. The predicted octanol–water partition coefficient (Wildman–Crippen LogP) is 3.77. The predicted molar refractivity (Wildman–Crippen MR) is 98.8 cm³/mol. The molecule has 28 heavy (non-hydrogen) atoms. The number of carbonyl (C=O) groups is 1. The molecule has 1 aromatic heterocycles.